The van der Waals surface area contributed by atoms with Crippen LogP contribution in [0.25, 0.3) is 0 Å². The Hall–Kier alpha value is -2.40. The van der Waals surface area contributed by atoms with Crippen molar-refractivity contribution >= 4 is 53.0 Å². The van der Waals surface area contributed by atoms with Gasteiger partial charge in [0.05, 0.1) is 18.9 Å². The summed E-state index contributed by atoms with van der Waals surface area (Å²) >= 11 is 2.95. The molecule has 1 aromatic rings. The Bertz CT molecular complexity index is 823. The minimum Gasteiger partial charge on any atom is -0.469 e. The maximum absolute atomic E-state index is 12.9. The van der Waals surface area contributed by atoms with Crippen LogP contribution in [-0.2, 0) is 19.1 Å². The van der Waals surface area contributed by atoms with Crippen molar-refractivity contribution in [3.05, 3.63) is 24.3 Å². The number of thioether (sulfide) groups is 2. The first-order chi connectivity index (χ1) is 15.4. The molecule has 0 aliphatic carbocycles. The van der Waals surface area contributed by atoms with Crippen molar-refractivity contribution in [3.8, 4) is 0 Å². The zero-order chi connectivity index (χ0) is 23.5. The topological polar surface area (TPSA) is 117 Å². The molecule has 1 aliphatic rings. The number of ether oxygens (including phenoxy) is 1. The number of carbonyl (C=O) groups excluding carboxylic acids is 4. The van der Waals surface area contributed by atoms with E-state index >= 15 is 0 Å². The first kappa shape index (κ1) is 25.9. The number of nitrogens with zero attached hydrogens (tertiary/aromatic N) is 1. The van der Waals surface area contributed by atoms with E-state index in [2.05, 4.69) is 20.7 Å². The van der Waals surface area contributed by atoms with Crippen LogP contribution in [0.5, 0.6) is 0 Å². The molecule has 1 heterocycles. The number of esters is 1. The number of methoxy groups -OCH3 is 1. The second-order valence-electron chi connectivity index (χ2n) is 7.16. The summed E-state index contributed by atoms with van der Waals surface area (Å²) in [6.45, 7) is 0.655. The van der Waals surface area contributed by atoms with Gasteiger partial charge in [-0.05, 0) is 43.6 Å². The van der Waals surface area contributed by atoms with E-state index in [1.165, 1.54) is 23.8 Å². The molecule has 1 aromatic carbocycles. The molecule has 3 N–H and O–H groups in total. The molecule has 9 nitrogen and oxygen atoms in total. The second kappa shape index (κ2) is 13.2. The number of carbonyl (C=O) groups is 4. The Morgan fingerprint density at radius 2 is 2.00 bits per heavy atom. The summed E-state index contributed by atoms with van der Waals surface area (Å²) in [5.74, 6) is -0.591. The standard InChI is InChI=1S/C21H30N4O5S2/c1-30-18(27)8-5-10-22-20(28)19-16(9-11-25(19)17(26)13-31-2)24-21(29)23-14-6-4-7-15(12-14)32-3/h4,6-7,12,16,19H,5,8-11,13H2,1-3H3,(H,22,28)(H2,23,24,29)/t16-,19-/m0/s1. The summed E-state index contributed by atoms with van der Waals surface area (Å²) < 4.78 is 4.59. The second-order valence-corrected chi connectivity index (χ2v) is 8.91. The van der Waals surface area contributed by atoms with Crippen molar-refractivity contribution in [3.63, 3.8) is 0 Å². The molecule has 0 bridgehead atoms. The smallest absolute Gasteiger partial charge is 0.319 e. The third-order valence-corrected chi connectivity index (χ3v) is 6.24. The molecule has 0 aromatic heterocycles. The lowest BCUT2D eigenvalue weighted by Gasteiger charge is -2.27. The van der Waals surface area contributed by atoms with Crippen molar-refractivity contribution < 1.29 is 23.9 Å². The van der Waals surface area contributed by atoms with Crippen LogP contribution in [0.4, 0.5) is 10.5 Å². The van der Waals surface area contributed by atoms with Crippen LogP contribution in [0.2, 0.25) is 0 Å². The monoisotopic (exact) mass is 482 g/mol. The lowest BCUT2D eigenvalue weighted by molar-refractivity contribution is -0.140. The maximum atomic E-state index is 12.9. The fourth-order valence-electron chi connectivity index (χ4n) is 3.44. The van der Waals surface area contributed by atoms with Gasteiger partial charge in [-0.25, -0.2) is 4.79 Å². The molecular weight excluding hydrogens is 452 g/mol. The third-order valence-electron chi connectivity index (χ3n) is 4.98. The zero-order valence-electron chi connectivity index (χ0n) is 18.5. The van der Waals surface area contributed by atoms with E-state index < -0.39 is 18.1 Å². The molecule has 0 spiro atoms. The number of likely N-dealkylation sites (tertiary alicyclic amines) is 1. The van der Waals surface area contributed by atoms with E-state index in [4.69, 9.17) is 0 Å². The van der Waals surface area contributed by atoms with Crippen molar-refractivity contribution in [2.24, 2.45) is 0 Å². The highest BCUT2D eigenvalue weighted by molar-refractivity contribution is 7.99. The van der Waals surface area contributed by atoms with Crippen molar-refractivity contribution in [2.45, 2.75) is 36.2 Å². The molecule has 1 fully saturated rings. The van der Waals surface area contributed by atoms with E-state index in [1.54, 1.807) is 17.8 Å². The average Bonchev–Trinajstić information content (AvgIpc) is 3.20. The molecule has 0 unspecified atom stereocenters. The van der Waals surface area contributed by atoms with Gasteiger partial charge in [-0.1, -0.05) is 6.07 Å². The largest absolute Gasteiger partial charge is 0.469 e. The van der Waals surface area contributed by atoms with E-state index in [-0.39, 0.29) is 36.5 Å². The van der Waals surface area contributed by atoms with Crippen LogP contribution in [0.1, 0.15) is 19.3 Å². The quantitative estimate of drug-likeness (QED) is 0.265. The lowest BCUT2D eigenvalue weighted by Crippen LogP contribution is -2.55. The summed E-state index contributed by atoms with van der Waals surface area (Å²) in [5, 5.41) is 8.41. The third kappa shape index (κ3) is 7.63. The molecule has 176 valence electrons. The highest BCUT2D eigenvalue weighted by Gasteiger charge is 2.42. The van der Waals surface area contributed by atoms with Crippen molar-refractivity contribution in [2.75, 3.05) is 43.8 Å². The summed E-state index contributed by atoms with van der Waals surface area (Å²) in [4.78, 5) is 51.8. The van der Waals surface area contributed by atoms with Crippen LogP contribution < -0.4 is 16.0 Å². The molecule has 0 saturated carbocycles. The van der Waals surface area contributed by atoms with E-state index in [0.29, 0.717) is 25.1 Å². The van der Waals surface area contributed by atoms with Gasteiger partial charge in [0.1, 0.15) is 6.04 Å². The minimum atomic E-state index is -0.809. The number of anilines is 1. The van der Waals surface area contributed by atoms with Crippen LogP contribution in [0.15, 0.2) is 29.2 Å². The Labute approximate surface area is 196 Å². The number of hydrogen-bond acceptors (Lipinski definition) is 7. The molecule has 32 heavy (non-hydrogen) atoms. The highest BCUT2D eigenvalue weighted by Crippen LogP contribution is 2.21. The van der Waals surface area contributed by atoms with E-state index in [9.17, 15) is 19.2 Å². The maximum Gasteiger partial charge on any atom is 0.319 e. The van der Waals surface area contributed by atoms with Crippen molar-refractivity contribution in [1.29, 1.82) is 0 Å². The van der Waals surface area contributed by atoms with Gasteiger partial charge in [0.2, 0.25) is 11.8 Å². The first-order valence-electron chi connectivity index (χ1n) is 10.2. The number of nitrogens with one attached hydrogen (secondary N) is 3. The Balaban J connectivity index is 2.02. The molecule has 1 aliphatic heterocycles. The molecule has 11 heteroatoms. The van der Waals surface area contributed by atoms with Crippen LogP contribution in [0, 0.1) is 0 Å². The lowest BCUT2D eigenvalue weighted by atomic mass is 10.1. The average molecular weight is 483 g/mol. The van der Waals surface area contributed by atoms with Gasteiger partial charge in [-0.15, -0.1) is 11.8 Å². The van der Waals surface area contributed by atoms with Gasteiger partial charge in [0.15, 0.2) is 0 Å². The summed E-state index contributed by atoms with van der Waals surface area (Å²) in [7, 11) is 1.31. The first-order valence-corrected chi connectivity index (χ1v) is 12.9. The van der Waals surface area contributed by atoms with Gasteiger partial charge in [0, 0.05) is 30.1 Å². The van der Waals surface area contributed by atoms with Gasteiger partial charge in [0.25, 0.3) is 0 Å². The molecule has 2 rings (SSSR count). The number of rotatable bonds is 10. The minimum absolute atomic E-state index is 0.149. The Kier molecular flexibility index (Phi) is 10.7. The number of amides is 4. The molecule has 2 atom stereocenters. The van der Waals surface area contributed by atoms with Gasteiger partial charge >= 0.3 is 12.0 Å². The Morgan fingerprint density at radius 3 is 2.69 bits per heavy atom. The molecule has 1 saturated heterocycles. The number of urea groups is 1. The van der Waals surface area contributed by atoms with Gasteiger partial charge < -0.3 is 25.6 Å². The zero-order valence-corrected chi connectivity index (χ0v) is 20.1. The number of hydrogen-bond donors (Lipinski definition) is 3. The van der Waals surface area contributed by atoms with Crippen LogP contribution in [0.3, 0.4) is 0 Å². The molecule has 4 amide bonds. The summed E-state index contributed by atoms with van der Waals surface area (Å²) in [6, 6.07) is 5.68. The van der Waals surface area contributed by atoms with E-state index in [1.807, 2.05) is 30.7 Å². The highest BCUT2D eigenvalue weighted by atomic mass is 32.2. The Morgan fingerprint density at radius 1 is 1.22 bits per heavy atom. The summed E-state index contributed by atoms with van der Waals surface area (Å²) in [6.07, 6.45) is 4.86. The summed E-state index contributed by atoms with van der Waals surface area (Å²) in [5.41, 5.74) is 0.645. The SMILES string of the molecule is COC(=O)CCCNC(=O)[C@@H]1[C@@H](NC(=O)Nc2cccc(SC)c2)CCN1C(=O)CSC. The molecular formula is C21H30N4O5S2. The predicted octanol–water partition coefficient (Wildman–Crippen LogP) is 1.93. The fourth-order valence-corrected chi connectivity index (χ4v) is 4.31. The predicted molar refractivity (Wildman–Crippen MR) is 127 cm³/mol. The van der Waals surface area contributed by atoms with Gasteiger partial charge in [-0.3, -0.25) is 14.4 Å². The fraction of sp³-hybridized carbons (Fsp3) is 0.524. The van der Waals surface area contributed by atoms with Crippen LogP contribution >= 0.6 is 23.5 Å². The van der Waals surface area contributed by atoms with Gasteiger partial charge in [-0.2, -0.15) is 11.8 Å². The number of benzene rings is 1. The van der Waals surface area contributed by atoms with E-state index in [0.717, 1.165) is 4.90 Å². The molecule has 0 radical (unpaired) electrons. The normalized spacial score (nSPS) is 17.5. The van der Waals surface area contributed by atoms with Crippen molar-refractivity contribution in [1.82, 2.24) is 15.5 Å². The van der Waals surface area contributed by atoms with Crippen LogP contribution in [-0.4, -0.2) is 79.3 Å².